The summed E-state index contributed by atoms with van der Waals surface area (Å²) in [6, 6.07) is 20.4. The molecular weight excluding hydrogens is 424 g/mol. The second-order valence-corrected chi connectivity index (χ2v) is 10.0. The number of ketones is 1. The summed E-state index contributed by atoms with van der Waals surface area (Å²) in [5.74, 6) is -0.680. The van der Waals surface area contributed by atoms with Crippen LogP contribution in [0.5, 0.6) is 0 Å². The molecule has 1 amide bonds. The van der Waals surface area contributed by atoms with Gasteiger partial charge < -0.3 is 5.32 Å². The number of rotatable bonds is 7. The molecule has 0 bridgehead atoms. The monoisotopic (exact) mass is 450 g/mol. The van der Waals surface area contributed by atoms with E-state index >= 15 is 0 Å². The second kappa shape index (κ2) is 8.84. The maximum absolute atomic E-state index is 13.2. The highest BCUT2D eigenvalue weighted by Crippen LogP contribution is 2.32. The Morgan fingerprint density at radius 1 is 0.875 bits per heavy atom. The van der Waals surface area contributed by atoms with Crippen LogP contribution in [-0.4, -0.2) is 31.7 Å². The molecule has 166 valence electrons. The van der Waals surface area contributed by atoms with E-state index in [0.29, 0.717) is 18.4 Å². The molecule has 0 spiro atoms. The third-order valence-electron chi connectivity index (χ3n) is 6.05. The number of Topliss-reactive ketones (excluding diaryl/α,β-unsaturated/α-hetero) is 1. The van der Waals surface area contributed by atoms with Crippen molar-refractivity contribution in [1.82, 2.24) is 10.0 Å². The van der Waals surface area contributed by atoms with Crippen LogP contribution in [-0.2, 0) is 14.8 Å². The van der Waals surface area contributed by atoms with Crippen molar-refractivity contribution in [2.45, 2.75) is 49.1 Å². The van der Waals surface area contributed by atoms with Gasteiger partial charge in [0.25, 0.3) is 0 Å². The molecule has 3 aromatic carbocycles. The molecule has 3 aromatic rings. The van der Waals surface area contributed by atoms with Crippen LogP contribution in [0.1, 0.15) is 43.0 Å². The third kappa shape index (κ3) is 4.45. The summed E-state index contributed by atoms with van der Waals surface area (Å²) in [6.45, 7) is 1.62. The van der Waals surface area contributed by atoms with Crippen molar-refractivity contribution in [3.8, 4) is 0 Å². The van der Waals surface area contributed by atoms with E-state index in [9.17, 15) is 18.0 Å². The summed E-state index contributed by atoms with van der Waals surface area (Å²) in [6.07, 6.45) is 2.24. The Labute approximate surface area is 188 Å². The quantitative estimate of drug-likeness (QED) is 0.535. The third-order valence-corrected chi connectivity index (χ3v) is 7.59. The number of sulfonamides is 1. The van der Waals surface area contributed by atoms with Gasteiger partial charge in [0.1, 0.15) is 5.54 Å². The fraction of sp³-hybridized carbons (Fsp3) is 0.280. The Morgan fingerprint density at radius 3 is 2.19 bits per heavy atom. The van der Waals surface area contributed by atoms with Gasteiger partial charge in [0.2, 0.25) is 15.9 Å². The molecule has 4 rings (SSSR count). The molecule has 0 saturated heterocycles. The van der Waals surface area contributed by atoms with E-state index in [1.165, 1.54) is 0 Å². The van der Waals surface area contributed by atoms with Crippen LogP contribution in [0.3, 0.4) is 0 Å². The summed E-state index contributed by atoms with van der Waals surface area (Å²) < 4.78 is 29.1. The normalized spacial score (nSPS) is 16.5. The van der Waals surface area contributed by atoms with Crippen LogP contribution in [0.2, 0.25) is 0 Å². The zero-order chi connectivity index (χ0) is 22.8. The number of amides is 1. The van der Waals surface area contributed by atoms with E-state index in [1.54, 1.807) is 49.4 Å². The molecule has 0 radical (unpaired) electrons. The van der Waals surface area contributed by atoms with Gasteiger partial charge in [0, 0.05) is 5.56 Å². The van der Waals surface area contributed by atoms with E-state index in [-0.39, 0.29) is 10.7 Å². The minimum absolute atomic E-state index is 0.115. The van der Waals surface area contributed by atoms with Gasteiger partial charge in [0.05, 0.1) is 10.9 Å². The number of benzene rings is 3. The molecule has 0 aromatic heterocycles. The maximum atomic E-state index is 13.2. The van der Waals surface area contributed by atoms with Crippen molar-refractivity contribution in [2.24, 2.45) is 0 Å². The number of carbonyl (C=O) groups excluding carboxylic acids is 2. The lowest BCUT2D eigenvalue weighted by Crippen LogP contribution is -2.59. The van der Waals surface area contributed by atoms with Crippen molar-refractivity contribution in [3.05, 3.63) is 78.4 Å². The van der Waals surface area contributed by atoms with Crippen LogP contribution >= 0.6 is 0 Å². The highest BCUT2D eigenvalue weighted by Gasteiger charge is 2.45. The first-order chi connectivity index (χ1) is 15.3. The van der Waals surface area contributed by atoms with Crippen molar-refractivity contribution in [2.75, 3.05) is 0 Å². The lowest BCUT2D eigenvalue weighted by atomic mass is 9.96. The average molecular weight is 451 g/mol. The highest BCUT2D eigenvalue weighted by atomic mass is 32.2. The molecule has 0 heterocycles. The Hall–Kier alpha value is -3.03. The first-order valence-electron chi connectivity index (χ1n) is 10.7. The molecule has 0 unspecified atom stereocenters. The van der Waals surface area contributed by atoms with Gasteiger partial charge in [-0.25, -0.2) is 8.42 Å². The van der Waals surface area contributed by atoms with Crippen molar-refractivity contribution in [1.29, 1.82) is 0 Å². The van der Waals surface area contributed by atoms with Gasteiger partial charge >= 0.3 is 0 Å². The molecule has 7 heteroatoms. The SMILES string of the molecule is C[C@H](NC(=O)C1(NS(=O)(=O)c2ccc3ccccc3c2)CCCC1)C(=O)c1ccccc1. The predicted molar refractivity (Wildman–Crippen MR) is 124 cm³/mol. The molecule has 1 aliphatic rings. The Bertz CT molecular complexity index is 1250. The number of carbonyl (C=O) groups is 2. The Kier molecular flexibility index (Phi) is 6.13. The van der Waals surface area contributed by atoms with Crippen LogP contribution < -0.4 is 10.0 Å². The fourth-order valence-corrected chi connectivity index (χ4v) is 5.72. The largest absolute Gasteiger partial charge is 0.345 e. The molecule has 6 nitrogen and oxygen atoms in total. The number of hydrogen-bond acceptors (Lipinski definition) is 4. The van der Waals surface area contributed by atoms with Crippen molar-refractivity contribution >= 4 is 32.5 Å². The summed E-state index contributed by atoms with van der Waals surface area (Å²) in [7, 11) is -3.94. The predicted octanol–water partition coefficient (Wildman–Crippen LogP) is 3.82. The standard InChI is InChI=1S/C25H26N2O4S/c1-18(23(28)20-10-3-2-4-11-20)26-24(29)25(15-7-8-16-25)27-32(30,31)22-14-13-19-9-5-6-12-21(19)17-22/h2-6,9-14,17-18,27H,7-8,15-16H2,1H3,(H,26,29)/t18-/m0/s1. The molecule has 1 saturated carbocycles. The van der Waals surface area contributed by atoms with E-state index in [0.717, 1.165) is 23.6 Å². The van der Waals surface area contributed by atoms with Gasteiger partial charge in [-0.1, -0.05) is 73.5 Å². The molecule has 1 fully saturated rings. The minimum atomic E-state index is -3.94. The van der Waals surface area contributed by atoms with E-state index in [1.807, 2.05) is 30.3 Å². The molecule has 2 N–H and O–H groups in total. The van der Waals surface area contributed by atoms with E-state index < -0.39 is 27.5 Å². The van der Waals surface area contributed by atoms with Crippen LogP contribution in [0.4, 0.5) is 0 Å². The molecule has 0 aliphatic heterocycles. The van der Waals surface area contributed by atoms with Crippen molar-refractivity contribution < 1.29 is 18.0 Å². The van der Waals surface area contributed by atoms with Crippen LogP contribution in [0.15, 0.2) is 77.7 Å². The molecule has 1 atom stereocenters. The molecular formula is C25H26N2O4S. The van der Waals surface area contributed by atoms with Gasteiger partial charge in [-0.3, -0.25) is 9.59 Å². The fourth-order valence-electron chi connectivity index (χ4n) is 4.26. The highest BCUT2D eigenvalue weighted by molar-refractivity contribution is 7.89. The second-order valence-electron chi connectivity index (χ2n) is 8.33. The van der Waals surface area contributed by atoms with Crippen molar-refractivity contribution in [3.63, 3.8) is 0 Å². The van der Waals surface area contributed by atoms with E-state index in [2.05, 4.69) is 10.0 Å². The van der Waals surface area contributed by atoms with Crippen LogP contribution in [0, 0.1) is 0 Å². The summed E-state index contributed by atoms with van der Waals surface area (Å²) in [4.78, 5) is 26.0. The number of fused-ring (bicyclic) bond motifs is 1. The zero-order valence-corrected chi connectivity index (χ0v) is 18.7. The average Bonchev–Trinajstić information content (AvgIpc) is 3.28. The zero-order valence-electron chi connectivity index (χ0n) is 17.9. The van der Waals surface area contributed by atoms with Gasteiger partial charge in [-0.15, -0.1) is 0 Å². The number of hydrogen-bond donors (Lipinski definition) is 2. The summed E-state index contributed by atoms with van der Waals surface area (Å²) >= 11 is 0. The Morgan fingerprint density at radius 2 is 1.50 bits per heavy atom. The smallest absolute Gasteiger partial charge is 0.241 e. The lowest BCUT2D eigenvalue weighted by molar-refractivity contribution is -0.127. The first-order valence-corrected chi connectivity index (χ1v) is 12.2. The van der Waals surface area contributed by atoms with E-state index in [4.69, 9.17) is 0 Å². The minimum Gasteiger partial charge on any atom is -0.345 e. The topological polar surface area (TPSA) is 92.3 Å². The summed E-state index contributed by atoms with van der Waals surface area (Å²) in [5.41, 5.74) is -0.770. The van der Waals surface area contributed by atoms with Gasteiger partial charge in [-0.2, -0.15) is 4.72 Å². The molecule has 32 heavy (non-hydrogen) atoms. The first kappa shape index (κ1) is 22.2. The van der Waals surface area contributed by atoms with Gasteiger partial charge in [0.15, 0.2) is 5.78 Å². The lowest BCUT2D eigenvalue weighted by Gasteiger charge is -2.30. The summed E-state index contributed by atoms with van der Waals surface area (Å²) in [5, 5.41) is 4.49. The maximum Gasteiger partial charge on any atom is 0.241 e. The Balaban J connectivity index is 1.56. The van der Waals surface area contributed by atoms with Crippen LogP contribution in [0.25, 0.3) is 10.8 Å². The van der Waals surface area contributed by atoms with Gasteiger partial charge in [-0.05, 0) is 42.7 Å². The number of nitrogens with one attached hydrogen (secondary N) is 2. The molecule has 1 aliphatic carbocycles.